The predicted octanol–water partition coefficient (Wildman–Crippen LogP) is 2.56. The van der Waals surface area contributed by atoms with Crippen molar-refractivity contribution in [1.82, 2.24) is 15.6 Å². The van der Waals surface area contributed by atoms with Crippen molar-refractivity contribution in [2.75, 3.05) is 26.7 Å². The normalized spacial score (nSPS) is 15.6. The molecule has 0 fully saturated rings. The highest BCUT2D eigenvalue weighted by molar-refractivity contribution is 5.94. The van der Waals surface area contributed by atoms with Gasteiger partial charge in [-0.05, 0) is 35.7 Å². The average molecular weight is 452 g/mol. The fourth-order valence-corrected chi connectivity index (χ4v) is 3.25. The number of nitrogens with one attached hydrogen (secondary N) is 2. The van der Waals surface area contributed by atoms with Crippen LogP contribution in [-0.2, 0) is 11.2 Å². The maximum absolute atomic E-state index is 13.9. The maximum atomic E-state index is 13.9. The molecule has 0 saturated heterocycles. The third kappa shape index (κ3) is 6.04. The average Bonchev–Trinajstić information content (AvgIpc) is 3.32. The number of amides is 2. The summed E-state index contributed by atoms with van der Waals surface area (Å²) in [5.74, 6) is -1.26. The molecular weight excluding hydrogens is 427 g/mol. The van der Waals surface area contributed by atoms with E-state index in [2.05, 4.69) is 27.0 Å². The highest BCUT2D eigenvalue weighted by Gasteiger charge is 2.28. The smallest absolute Gasteiger partial charge is 0.254 e. The van der Waals surface area contributed by atoms with E-state index in [-0.39, 0.29) is 25.2 Å². The van der Waals surface area contributed by atoms with Crippen LogP contribution in [0.15, 0.2) is 52.8 Å². The van der Waals surface area contributed by atoms with E-state index in [1.54, 1.807) is 0 Å². The van der Waals surface area contributed by atoms with Gasteiger partial charge in [0.05, 0.1) is 31.8 Å². The van der Waals surface area contributed by atoms with Gasteiger partial charge in [0.25, 0.3) is 5.91 Å². The fourth-order valence-electron chi connectivity index (χ4n) is 3.25. The number of rotatable bonds is 9. The van der Waals surface area contributed by atoms with Crippen LogP contribution in [0.3, 0.4) is 0 Å². The molecule has 10 heteroatoms. The van der Waals surface area contributed by atoms with E-state index >= 15 is 0 Å². The van der Waals surface area contributed by atoms with Crippen molar-refractivity contribution in [2.24, 2.45) is 10.3 Å². The second-order valence-electron chi connectivity index (χ2n) is 7.40. The third-order valence-electron chi connectivity index (χ3n) is 5.21. The minimum atomic E-state index is -0.787. The van der Waals surface area contributed by atoms with Crippen LogP contribution >= 0.6 is 0 Å². The molecular formula is C23H25FN6O3. The van der Waals surface area contributed by atoms with E-state index in [4.69, 9.17) is 4.74 Å². The van der Waals surface area contributed by atoms with Gasteiger partial charge in [0.2, 0.25) is 5.91 Å². The zero-order valence-electron chi connectivity index (χ0n) is 18.4. The lowest BCUT2D eigenvalue weighted by molar-refractivity contribution is -0.122. The van der Waals surface area contributed by atoms with E-state index < -0.39 is 29.7 Å². The number of nitriles is 1. The van der Waals surface area contributed by atoms with Gasteiger partial charge in [-0.2, -0.15) is 10.4 Å². The minimum absolute atomic E-state index is 0.121. The molecule has 1 aliphatic rings. The van der Waals surface area contributed by atoms with Gasteiger partial charge < -0.3 is 15.4 Å². The second kappa shape index (κ2) is 11.0. The summed E-state index contributed by atoms with van der Waals surface area (Å²) in [6.07, 6.45) is 0.886. The SMILES string of the molecule is CCc1ccc(C(C#N)NC(=O)C2CN(CCNC(=O)c3cc(OC)ccc3F)N=N2)cc1. The molecule has 0 radical (unpaired) electrons. The molecule has 2 N–H and O–H groups in total. The van der Waals surface area contributed by atoms with Gasteiger partial charge in [-0.15, -0.1) is 0 Å². The Kier molecular flexibility index (Phi) is 7.91. The number of halogens is 1. The quantitative estimate of drug-likeness (QED) is 0.606. The molecule has 33 heavy (non-hydrogen) atoms. The first-order chi connectivity index (χ1) is 15.9. The standard InChI is InChI=1S/C23H25FN6O3/c1-3-15-4-6-16(7-5-15)20(13-25)27-23(32)21-14-30(29-28-21)11-10-26-22(31)18-12-17(33-2)8-9-19(18)24/h4-9,12,20-21H,3,10-11,14H2,1-2H3,(H,26,31)(H,27,32). The highest BCUT2D eigenvalue weighted by Crippen LogP contribution is 2.17. The van der Waals surface area contributed by atoms with Gasteiger partial charge in [0, 0.05) is 6.54 Å². The molecule has 0 spiro atoms. The molecule has 0 saturated carbocycles. The Morgan fingerprint density at radius 3 is 2.73 bits per heavy atom. The number of ether oxygens (including phenoxy) is 1. The Hall–Kier alpha value is -4.00. The van der Waals surface area contributed by atoms with Crippen molar-refractivity contribution in [2.45, 2.75) is 25.4 Å². The summed E-state index contributed by atoms with van der Waals surface area (Å²) in [4.78, 5) is 24.8. The molecule has 2 aromatic rings. The molecule has 172 valence electrons. The lowest BCUT2D eigenvalue weighted by atomic mass is 10.0. The van der Waals surface area contributed by atoms with Gasteiger partial charge in [-0.1, -0.05) is 36.4 Å². The van der Waals surface area contributed by atoms with E-state index in [0.717, 1.165) is 18.1 Å². The number of methoxy groups -OCH3 is 1. The first-order valence-corrected chi connectivity index (χ1v) is 10.5. The van der Waals surface area contributed by atoms with Crippen LogP contribution in [0.25, 0.3) is 0 Å². The van der Waals surface area contributed by atoms with Gasteiger partial charge >= 0.3 is 0 Å². The summed E-state index contributed by atoms with van der Waals surface area (Å²) in [7, 11) is 1.43. The molecule has 2 atom stereocenters. The van der Waals surface area contributed by atoms with Crippen molar-refractivity contribution in [3.05, 3.63) is 65.0 Å². The van der Waals surface area contributed by atoms with Gasteiger partial charge in [0.1, 0.15) is 17.6 Å². The van der Waals surface area contributed by atoms with Crippen LogP contribution in [0.5, 0.6) is 5.75 Å². The third-order valence-corrected chi connectivity index (χ3v) is 5.21. The monoisotopic (exact) mass is 452 g/mol. The van der Waals surface area contributed by atoms with Crippen molar-refractivity contribution in [3.8, 4) is 11.8 Å². The van der Waals surface area contributed by atoms with Crippen molar-refractivity contribution in [3.63, 3.8) is 0 Å². The number of aryl methyl sites for hydroxylation is 1. The van der Waals surface area contributed by atoms with E-state index in [1.165, 1.54) is 24.3 Å². The number of carbonyl (C=O) groups is 2. The number of hydrogen-bond acceptors (Lipinski definition) is 7. The van der Waals surface area contributed by atoms with Crippen LogP contribution in [0.4, 0.5) is 4.39 Å². The van der Waals surface area contributed by atoms with Crippen molar-refractivity contribution >= 4 is 11.8 Å². The summed E-state index contributed by atoms with van der Waals surface area (Å²) < 4.78 is 18.9. The zero-order valence-corrected chi connectivity index (χ0v) is 18.4. The summed E-state index contributed by atoms with van der Waals surface area (Å²) in [6, 6.07) is 12.0. The Bertz CT molecular complexity index is 1070. The fraction of sp³-hybridized carbons (Fsp3) is 0.348. The molecule has 1 aliphatic heterocycles. The second-order valence-corrected chi connectivity index (χ2v) is 7.40. The summed E-state index contributed by atoms with van der Waals surface area (Å²) in [5.41, 5.74) is 1.72. The topological polar surface area (TPSA) is 119 Å². The highest BCUT2D eigenvalue weighted by atomic mass is 19.1. The summed E-state index contributed by atoms with van der Waals surface area (Å²) >= 11 is 0. The first-order valence-electron chi connectivity index (χ1n) is 10.5. The van der Waals surface area contributed by atoms with Crippen LogP contribution < -0.4 is 15.4 Å². The van der Waals surface area contributed by atoms with Crippen molar-refractivity contribution in [1.29, 1.82) is 5.26 Å². The van der Waals surface area contributed by atoms with Crippen LogP contribution in [0, 0.1) is 17.1 Å². The van der Waals surface area contributed by atoms with E-state index in [1.807, 2.05) is 31.2 Å². The molecule has 2 aromatic carbocycles. The number of hydrogen-bond donors (Lipinski definition) is 2. The Morgan fingerprint density at radius 1 is 1.30 bits per heavy atom. The number of nitrogens with zero attached hydrogens (tertiary/aromatic N) is 4. The number of benzene rings is 2. The maximum Gasteiger partial charge on any atom is 0.254 e. The Balaban J connectivity index is 1.47. The predicted molar refractivity (Wildman–Crippen MR) is 118 cm³/mol. The molecule has 3 rings (SSSR count). The number of carbonyl (C=O) groups excluding carboxylic acids is 2. The lowest BCUT2D eigenvalue weighted by Gasteiger charge is -2.16. The molecule has 0 aromatic heterocycles. The summed E-state index contributed by atoms with van der Waals surface area (Å²) in [5, 5.41) is 24.2. The molecule has 0 bridgehead atoms. The molecule has 1 heterocycles. The van der Waals surface area contributed by atoms with Crippen LogP contribution in [0.1, 0.15) is 34.5 Å². The minimum Gasteiger partial charge on any atom is -0.497 e. The molecule has 9 nitrogen and oxygen atoms in total. The van der Waals surface area contributed by atoms with E-state index in [9.17, 15) is 19.2 Å². The lowest BCUT2D eigenvalue weighted by Crippen LogP contribution is -2.40. The first kappa shape index (κ1) is 23.7. The molecule has 2 unspecified atom stereocenters. The van der Waals surface area contributed by atoms with E-state index in [0.29, 0.717) is 11.3 Å². The van der Waals surface area contributed by atoms with Crippen LogP contribution in [-0.4, -0.2) is 49.6 Å². The summed E-state index contributed by atoms with van der Waals surface area (Å²) in [6.45, 7) is 2.71. The van der Waals surface area contributed by atoms with Gasteiger partial charge in [-0.3, -0.25) is 14.6 Å². The Morgan fingerprint density at radius 2 is 2.06 bits per heavy atom. The molecule has 0 aliphatic carbocycles. The van der Waals surface area contributed by atoms with Crippen molar-refractivity contribution < 1.29 is 18.7 Å². The van der Waals surface area contributed by atoms with Crippen LogP contribution in [0.2, 0.25) is 0 Å². The zero-order chi connectivity index (χ0) is 23.8. The van der Waals surface area contributed by atoms with Gasteiger partial charge in [0.15, 0.2) is 6.04 Å². The largest absolute Gasteiger partial charge is 0.497 e. The Labute approximate surface area is 191 Å². The molecule has 2 amide bonds. The van der Waals surface area contributed by atoms with Gasteiger partial charge in [-0.25, -0.2) is 4.39 Å².